The van der Waals surface area contributed by atoms with E-state index >= 15 is 0 Å². The first-order valence-corrected chi connectivity index (χ1v) is 9.47. The van der Waals surface area contributed by atoms with E-state index in [9.17, 15) is 9.59 Å². The molecule has 8 heteroatoms. The quantitative estimate of drug-likeness (QED) is 0.252. The van der Waals surface area contributed by atoms with Gasteiger partial charge in [-0.3, -0.25) is 4.79 Å². The van der Waals surface area contributed by atoms with E-state index in [4.69, 9.17) is 32.7 Å². The SMILES string of the molecule is COc1cc(C=NNC(=O)c2ccccc2)ccc1OC(=O)c1ccc(Cl)c(Cl)c1. The predicted molar refractivity (Wildman–Crippen MR) is 116 cm³/mol. The molecule has 0 aliphatic heterocycles. The molecule has 30 heavy (non-hydrogen) atoms. The van der Waals surface area contributed by atoms with Crippen LogP contribution in [0.25, 0.3) is 0 Å². The summed E-state index contributed by atoms with van der Waals surface area (Å²) in [5.41, 5.74) is 3.83. The van der Waals surface area contributed by atoms with Crippen LogP contribution in [0.1, 0.15) is 26.3 Å². The van der Waals surface area contributed by atoms with Crippen LogP contribution in [0.3, 0.4) is 0 Å². The van der Waals surface area contributed by atoms with Crippen LogP contribution in [0.15, 0.2) is 71.8 Å². The Morgan fingerprint density at radius 1 is 0.900 bits per heavy atom. The van der Waals surface area contributed by atoms with Crippen LogP contribution in [-0.2, 0) is 0 Å². The number of carbonyl (C=O) groups is 2. The van der Waals surface area contributed by atoms with Gasteiger partial charge in [0.1, 0.15) is 0 Å². The van der Waals surface area contributed by atoms with E-state index < -0.39 is 5.97 Å². The summed E-state index contributed by atoms with van der Waals surface area (Å²) in [6.07, 6.45) is 1.45. The van der Waals surface area contributed by atoms with Gasteiger partial charge in [-0.25, -0.2) is 10.2 Å². The third kappa shape index (κ3) is 5.37. The second-order valence-electron chi connectivity index (χ2n) is 5.99. The molecule has 0 saturated carbocycles. The van der Waals surface area contributed by atoms with Crippen molar-refractivity contribution in [2.45, 2.75) is 0 Å². The molecule has 3 aromatic rings. The molecule has 0 fully saturated rings. The smallest absolute Gasteiger partial charge is 0.343 e. The van der Waals surface area contributed by atoms with E-state index in [-0.39, 0.29) is 22.2 Å². The molecule has 0 heterocycles. The van der Waals surface area contributed by atoms with Crippen molar-refractivity contribution in [2.75, 3.05) is 7.11 Å². The maximum atomic E-state index is 12.4. The number of nitrogens with one attached hydrogen (secondary N) is 1. The van der Waals surface area contributed by atoms with Gasteiger partial charge in [-0.05, 0) is 54.1 Å². The lowest BCUT2D eigenvalue weighted by molar-refractivity contribution is 0.0729. The van der Waals surface area contributed by atoms with E-state index in [1.807, 2.05) is 6.07 Å². The summed E-state index contributed by atoms with van der Waals surface area (Å²) in [5, 5.41) is 4.53. The summed E-state index contributed by atoms with van der Waals surface area (Å²) in [4.78, 5) is 24.3. The molecule has 0 spiro atoms. The maximum Gasteiger partial charge on any atom is 0.343 e. The second-order valence-corrected chi connectivity index (χ2v) is 6.81. The first-order valence-electron chi connectivity index (χ1n) is 8.71. The van der Waals surface area contributed by atoms with Gasteiger partial charge in [0, 0.05) is 5.56 Å². The lowest BCUT2D eigenvalue weighted by Gasteiger charge is -2.10. The average molecular weight is 443 g/mol. The van der Waals surface area contributed by atoms with Crippen LogP contribution in [0, 0.1) is 0 Å². The molecule has 1 N–H and O–H groups in total. The minimum absolute atomic E-state index is 0.221. The van der Waals surface area contributed by atoms with Crippen LogP contribution in [-0.4, -0.2) is 25.2 Å². The van der Waals surface area contributed by atoms with Crippen molar-refractivity contribution in [2.24, 2.45) is 5.10 Å². The lowest BCUT2D eigenvalue weighted by atomic mass is 10.2. The Kier molecular flexibility index (Phi) is 7.06. The van der Waals surface area contributed by atoms with Crippen molar-refractivity contribution >= 4 is 41.3 Å². The van der Waals surface area contributed by atoms with Crippen LogP contribution in [0.4, 0.5) is 0 Å². The number of halogens is 2. The van der Waals surface area contributed by atoms with Crippen molar-refractivity contribution in [3.05, 3.63) is 93.5 Å². The number of rotatable bonds is 6. The topological polar surface area (TPSA) is 77.0 Å². The Labute approximate surface area is 183 Å². The third-order valence-electron chi connectivity index (χ3n) is 3.96. The third-order valence-corrected chi connectivity index (χ3v) is 4.70. The molecule has 0 saturated heterocycles. The lowest BCUT2D eigenvalue weighted by Crippen LogP contribution is -2.17. The summed E-state index contributed by atoms with van der Waals surface area (Å²) < 4.78 is 10.7. The summed E-state index contributed by atoms with van der Waals surface area (Å²) in [6.45, 7) is 0. The molecule has 0 aliphatic rings. The number of methoxy groups -OCH3 is 1. The van der Waals surface area contributed by atoms with Gasteiger partial charge in [-0.15, -0.1) is 0 Å². The second kappa shape index (κ2) is 9.91. The van der Waals surface area contributed by atoms with Gasteiger partial charge in [0.15, 0.2) is 11.5 Å². The predicted octanol–water partition coefficient (Wildman–Crippen LogP) is 4.99. The van der Waals surface area contributed by atoms with Gasteiger partial charge in [-0.1, -0.05) is 41.4 Å². The number of benzene rings is 3. The highest BCUT2D eigenvalue weighted by Crippen LogP contribution is 2.29. The first-order chi connectivity index (χ1) is 14.5. The molecule has 3 aromatic carbocycles. The largest absolute Gasteiger partial charge is 0.493 e. The van der Waals surface area contributed by atoms with E-state index in [0.29, 0.717) is 21.9 Å². The van der Waals surface area contributed by atoms with Crippen molar-refractivity contribution in [1.29, 1.82) is 0 Å². The Bertz CT molecular complexity index is 1100. The molecule has 6 nitrogen and oxygen atoms in total. The van der Waals surface area contributed by atoms with Crippen molar-refractivity contribution in [3.63, 3.8) is 0 Å². The highest BCUT2D eigenvalue weighted by atomic mass is 35.5. The van der Waals surface area contributed by atoms with Crippen molar-refractivity contribution in [3.8, 4) is 11.5 Å². The van der Waals surface area contributed by atoms with Gasteiger partial charge in [0.25, 0.3) is 5.91 Å². The minimum Gasteiger partial charge on any atom is -0.493 e. The van der Waals surface area contributed by atoms with E-state index in [1.54, 1.807) is 42.5 Å². The minimum atomic E-state index is -0.608. The number of carbonyl (C=O) groups excluding carboxylic acids is 2. The number of ether oxygens (including phenoxy) is 2. The molecular weight excluding hydrogens is 427 g/mol. The zero-order valence-corrected chi connectivity index (χ0v) is 17.3. The molecular formula is C22H16Cl2N2O4. The Morgan fingerprint density at radius 3 is 2.37 bits per heavy atom. The normalized spacial score (nSPS) is 10.6. The molecule has 152 valence electrons. The summed E-state index contributed by atoms with van der Waals surface area (Å²) in [6, 6.07) is 18.0. The van der Waals surface area contributed by atoms with Crippen LogP contribution < -0.4 is 14.9 Å². The fourth-order valence-electron chi connectivity index (χ4n) is 2.45. The summed E-state index contributed by atoms with van der Waals surface area (Å²) >= 11 is 11.8. The number of hydrogen-bond acceptors (Lipinski definition) is 5. The summed E-state index contributed by atoms with van der Waals surface area (Å²) in [7, 11) is 1.45. The number of amides is 1. The Morgan fingerprint density at radius 2 is 1.67 bits per heavy atom. The fraction of sp³-hybridized carbons (Fsp3) is 0.0455. The molecule has 0 aromatic heterocycles. The van der Waals surface area contributed by atoms with E-state index in [1.165, 1.54) is 31.5 Å². The Hall–Kier alpha value is -3.35. The molecule has 0 unspecified atom stereocenters. The fourth-order valence-corrected chi connectivity index (χ4v) is 2.75. The van der Waals surface area contributed by atoms with Gasteiger partial charge < -0.3 is 9.47 Å². The van der Waals surface area contributed by atoms with Crippen molar-refractivity contribution in [1.82, 2.24) is 5.43 Å². The highest BCUT2D eigenvalue weighted by Gasteiger charge is 2.14. The number of nitrogens with zero attached hydrogens (tertiary/aromatic N) is 1. The molecule has 0 aliphatic carbocycles. The number of hydrazone groups is 1. The van der Waals surface area contributed by atoms with Crippen LogP contribution >= 0.6 is 23.2 Å². The van der Waals surface area contributed by atoms with Gasteiger partial charge in [0.2, 0.25) is 0 Å². The van der Waals surface area contributed by atoms with Crippen LogP contribution in [0.5, 0.6) is 11.5 Å². The molecule has 1 amide bonds. The molecule has 0 radical (unpaired) electrons. The zero-order valence-electron chi connectivity index (χ0n) is 15.8. The van der Waals surface area contributed by atoms with E-state index in [2.05, 4.69) is 10.5 Å². The zero-order chi connectivity index (χ0) is 21.5. The first kappa shape index (κ1) is 21.4. The highest BCUT2D eigenvalue weighted by molar-refractivity contribution is 6.42. The average Bonchev–Trinajstić information content (AvgIpc) is 2.77. The Balaban J connectivity index is 1.69. The van der Waals surface area contributed by atoms with E-state index in [0.717, 1.165) is 0 Å². The van der Waals surface area contributed by atoms with Crippen LogP contribution in [0.2, 0.25) is 10.0 Å². The monoisotopic (exact) mass is 442 g/mol. The maximum absolute atomic E-state index is 12.4. The van der Waals surface area contributed by atoms with Gasteiger partial charge in [-0.2, -0.15) is 5.10 Å². The van der Waals surface area contributed by atoms with Gasteiger partial charge >= 0.3 is 5.97 Å². The standard InChI is InChI=1S/C22H16Cl2N2O4/c1-29-20-11-14(13-25-26-21(27)15-5-3-2-4-6-15)7-10-19(20)30-22(28)16-8-9-17(23)18(24)12-16/h2-13H,1H3,(H,26,27). The number of esters is 1. The molecule has 0 atom stereocenters. The number of hydrogen-bond donors (Lipinski definition) is 1. The van der Waals surface area contributed by atoms with Gasteiger partial charge in [0.05, 0.1) is 28.9 Å². The summed E-state index contributed by atoms with van der Waals surface area (Å²) in [5.74, 6) is -0.393. The van der Waals surface area contributed by atoms with Crippen molar-refractivity contribution < 1.29 is 19.1 Å². The molecule has 0 bridgehead atoms. The molecule has 3 rings (SSSR count).